The predicted molar refractivity (Wildman–Crippen MR) is 571 cm³/mol. The molecule has 0 spiro atoms. The van der Waals surface area contributed by atoms with Crippen LogP contribution in [-0.2, 0) is 81.9 Å². The highest BCUT2D eigenvalue weighted by Crippen LogP contribution is 2.44. The predicted octanol–water partition coefficient (Wildman–Crippen LogP) is 23.6. The van der Waals surface area contributed by atoms with E-state index in [-0.39, 0.29) is 43.4 Å². The SMILES string of the molecule is COC(=O)C(C(=O)COCc1ccccc1)c1ccc2ncccc2c1.COC(=O)Cc1ccc2ncccc2c1.Nc1n[nH]c(-c2ccccc2)c1-c1ccccc1.O=C(Cl)COCc1ccccc1.O=C1C(c2ccc3ncccc3c2)=C(CO)Cc2c(-c3ccccc3)c(-c3ccccc3)nn21.O=C1C(c2ccc3ncccc3c2)=C(COCc2ccccc2)Cc2c(-c3ccccc3)c(-c3ccccc3)nn21. The number of allylic oxidation sites excluding steroid dienone is 2. The Kier molecular flexibility index (Phi) is 33.5. The number of rotatable bonds is 26. The van der Waals surface area contributed by atoms with Gasteiger partial charge in [-0.1, -0.05) is 322 Å². The summed E-state index contributed by atoms with van der Waals surface area (Å²) < 4.78 is 29.3. The number of hydrogen-bond acceptors (Lipinski definition) is 20. The zero-order valence-corrected chi connectivity index (χ0v) is 80.7. The van der Waals surface area contributed by atoms with E-state index in [1.165, 1.54) is 18.9 Å². The van der Waals surface area contributed by atoms with Gasteiger partial charge in [-0.2, -0.15) is 24.7 Å². The van der Waals surface area contributed by atoms with Gasteiger partial charge in [-0.25, -0.2) is 0 Å². The van der Waals surface area contributed by atoms with Crippen LogP contribution in [0, 0.1) is 0 Å². The lowest BCUT2D eigenvalue weighted by Gasteiger charge is -2.22. The number of carbonyl (C=O) groups excluding carboxylic acids is 6. The van der Waals surface area contributed by atoms with E-state index >= 15 is 0 Å². The van der Waals surface area contributed by atoms with Crippen molar-refractivity contribution in [2.45, 2.75) is 45.0 Å². The fraction of sp³-hybridized carbons (Fsp3) is 0.107. The number of aliphatic hydroxyl groups is 1. The van der Waals surface area contributed by atoms with Gasteiger partial charge in [-0.3, -0.25) is 53.8 Å². The number of esters is 2. The summed E-state index contributed by atoms with van der Waals surface area (Å²) in [5.41, 5.74) is 31.6. The largest absolute Gasteiger partial charge is 0.469 e. The number of halogens is 1. The van der Waals surface area contributed by atoms with Crippen LogP contribution in [0.5, 0.6) is 0 Å². The molecule has 2 aliphatic heterocycles. The summed E-state index contributed by atoms with van der Waals surface area (Å²) in [4.78, 5) is 91.7. The standard InChI is InChI=1S/C36H27N3O2.C29H21N3O2.C21H19NO4.C15H13N3.C12H11NO2.C9H9ClO2/c40-36-33(29-18-19-31-28(21-29)17-10-20-37-31)30(24-41-23-25-11-4-1-5-12-25)22-32-34(26-13-6-2-7-14-26)35(38-39(32)36)27-15-8-3-9-16-27;33-18-23-17-25-27(19-8-3-1-4-9-19)28(20-10-5-2-6-11-20)31-32(25)29(34)26(23)22-13-14-24-21(16-22)12-7-15-30-24;1-25-21(24)20(17-9-10-18-16(12-17)8-5-11-22-18)19(23)14-26-13-15-6-3-2-4-7-15;16-15-13(11-7-3-1-4-8-11)14(17-18-15)12-9-5-2-6-10-12;1-15-12(14)8-9-4-5-11-10(7-9)3-2-6-13-11;10-9(11)7-12-6-8-4-2-1-3-5-8/h1-21H,22-24H2;1-16,33H,17-18H2;2-12,20H,13-14H2,1H3;1-10H,(H3,16,17,18);2-7H,8H2,1H3;1-5H,6-7H2. The van der Waals surface area contributed by atoms with Crippen LogP contribution in [0.15, 0.2) is 430 Å². The first-order chi connectivity index (χ1) is 71.6. The second-order valence-corrected chi connectivity index (χ2v) is 34.5. The number of ether oxygens (including phenoxy) is 5. The number of carbonyl (C=O) groups is 6. The van der Waals surface area contributed by atoms with E-state index in [9.17, 15) is 33.9 Å². The number of ketones is 1. The summed E-state index contributed by atoms with van der Waals surface area (Å²) in [6, 6.07) is 128. The third-order valence-electron chi connectivity index (χ3n) is 24.4. The van der Waals surface area contributed by atoms with Crippen LogP contribution in [0.4, 0.5) is 5.82 Å². The highest BCUT2D eigenvalue weighted by atomic mass is 35.5. The molecule has 4 N–H and O–H groups in total. The number of fused-ring (bicyclic) bond motifs is 6. The number of nitrogen functional groups attached to an aromatic ring is 1. The van der Waals surface area contributed by atoms with E-state index in [4.69, 9.17) is 46.5 Å². The van der Waals surface area contributed by atoms with Crippen molar-refractivity contribution < 1.29 is 57.6 Å². The minimum atomic E-state index is -1.01. The van der Waals surface area contributed by atoms with Crippen LogP contribution in [0.2, 0.25) is 0 Å². The number of aliphatic hydroxyl groups excluding tert-OH is 1. The maximum atomic E-state index is 14.4. The van der Waals surface area contributed by atoms with Crippen LogP contribution < -0.4 is 5.73 Å². The fourth-order valence-electron chi connectivity index (χ4n) is 17.5. The van der Waals surface area contributed by atoms with Gasteiger partial charge in [-0.15, -0.1) is 0 Å². The van der Waals surface area contributed by atoms with Crippen molar-refractivity contribution in [2.24, 2.45) is 0 Å². The Hall–Kier alpha value is -17.8. The normalized spacial score (nSPS) is 12.0. The lowest BCUT2D eigenvalue weighted by molar-refractivity contribution is -0.147. The van der Waals surface area contributed by atoms with Crippen LogP contribution >= 0.6 is 11.6 Å². The van der Waals surface area contributed by atoms with Crippen molar-refractivity contribution in [3.8, 4) is 67.2 Å². The number of H-pyrrole nitrogens is 1. The molecule has 0 radical (unpaired) electrons. The first kappa shape index (κ1) is 99.7. The summed E-state index contributed by atoms with van der Waals surface area (Å²) in [5, 5.41) is 30.6. The first-order valence-corrected chi connectivity index (χ1v) is 47.7. The average molecular weight is 1950 g/mol. The molecule has 1 unspecified atom stereocenters. The topological polar surface area (TPSA) is 311 Å². The minimum Gasteiger partial charge on any atom is -0.469 e. The van der Waals surface area contributed by atoms with Crippen molar-refractivity contribution in [1.29, 1.82) is 0 Å². The summed E-state index contributed by atoms with van der Waals surface area (Å²) >= 11 is 5.08. The van der Waals surface area contributed by atoms with E-state index in [1.54, 1.807) is 47.7 Å². The second kappa shape index (κ2) is 49.0. The van der Waals surface area contributed by atoms with Gasteiger partial charge in [0.15, 0.2) is 11.6 Å². The zero-order chi connectivity index (χ0) is 101. The maximum Gasteiger partial charge on any atom is 0.320 e. The van der Waals surface area contributed by atoms with Crippen molar-refractivity contribution >= 4 is 107 Å². The molecule has 0 saturated heterocycles. The molecule has 0 amide bonds. The number of methoxy groups -OCH3 is 2. The first-order valence-electron chi connectivity index (χ1n) is 47.3. The van der Waals surface area contributed by atoms with Gasteiger partial charge in [0.2, 0.25) is 5.24 Å². The monoisotopic (exact) mass is 1950 g/mol. The number of aromatic nitrogens is 10. The average Bonchev–Trinajstić information content (AvgIpc) is 1.58. The van der Waals surface area contributed by atoms with E-state index in [1.807, 2.05) is 364 Å². The Morgan fingerprint density at radius 2 is 0.747 bits per heavy atom. The van der Waals surface area contributed by atoms with Gasteiger partial charge in [0.1, 0.15) is 30.5 Å². The van der Waals surface area contributed by atoms with Gasteiger partial charge in [0.25, 0.3) is 11.8 Å². The lowest BCUT2D eigenvalue weighted by Crippen LogP contribution is -2.26. The molecule has 146 heavy (non-hydrogen) atoms. The Balaban J connectivity index is 0.000000126. The van der Waals surface area contributed by atoms with Crippen LogP contribution in [0.25, 0.3) is 122 Å². The molecule has 22 rings (SSSR count). The van der Waals surface area contributed by atoms with Crippen molar-refractivity contribution in [3.63, 3.8) is 0 Å². The molecule has 23 nitrogen and oxygen atoms in total. The van der Waals surface area contributed by atoms with Gasteiger partial charge in [-0.05, 0) is 151 Å². The Morgan fingerprint density at radius 3 is 1.17 bits per heavy atom. The molecule has 722 valence electrons. The number of nitrogens with one attached hydrogen (secondary N) is 1. The number of anilines is 1. The second-order valence-electron chi connectivity index (χ2n) is 34.1. The molecule has 13 aromatic carbocycles. The quantitative estimate of drug-likeness (QED) is 0.0258. The smallest absolute Gasteiger partial charge is 0.320 e. The molecular formula is C122H100ClN11O12. The summed E-state index contributed by atoms with van der Waals surface area (Å²) in [6.45, 7) is 1.14. The van der Waals surface area contributed by atoms with Gasteiger partial charge >= 0.3 is 11.9 Å². The Bertz CT molecular complexity index is 8020. The minimum absolute atomic E-state index is 0.0313. The summed E-state index contributed by atoms with van der Waals surface area (Å²) in [5.74, 6) is -2.02. The lowest BCUT2D eigenvalue weighted by atomic mass is 9.89. The molecule has 1 atom stereocenters. The van der Waals surface area contributed by atoms with Crippen LogP contribution in [0.1, 0.15) is 65.8 Å². The molecule has 2 aliphatic rings. The van der Waals surface area contributed by atoms with E-state index in [0.29, 0.717) is 73.8 Å². The molecule has 0 aliphatic carbocycles. The fourth-order valence-corrected chi connectivity index (χ4v) is 17.5. The molecule has 9 heterocycles. The molecule has 24 heteroatoms. The molecule has 0 fully saturated rings. The number of Topliss-reactive ketones (excluding diaryl/α,β-unsaturated/α-hetero) is 1. The van der Waals surface area contributed by atoms with Crippen molar-refractivity contribution in [1.82, 2.24) is 49.7 Å². The van der Waals surface area contributed by atoms with E-state index in [0.717, 1.165) is 161 Å². The Labute approximate surface area is 848 Å². The molecular weight excluding hydrogens is 1850 g/mol. The highest BCUT2D eigenvalue weighted by molar-refractivity contribution is 6.63. The van der Waals surface area contributed by atoms with Gasteiger partial charge in [0, 0.05) is 87.0 Å². The van der Waals surface area contributed by atoms with Gasteiger partial charge < -0.3 is 34.5 Å². The molecule has 7 aromatic heterocycles. The number of aromatic amines is 1. The number of hydrogen-bond donors (Lipinski definition) is 3. The van der Waals surface area contributed by atoms with Crippen LogP contribution in [0.3, 0.4) is 0 Å². The summed E-state index contributed by atoms with van der Waals surface area (Å²) in [7, 11) is 2.67. The number of benzene rings is 13. The number of nitrogens with two attached hydrogens (primary N) is 1. The molecule has 20 aromatic rings. The molecule has 0 bridgehead atoms. The Morgan fingerprint density at radius 1 is 0.377 bits per heavy atom. The van der Waals surface area contributed by atoms with E-state index < -0.39 is 17.1 Å². The maximum absolute atomic E-state index is 14.4. The third-order valence-corrected chi connectivity index (χ3v) is 24.5. The summed E-state index contributed by atoms with van der Waals surface area (Å²) in [6.07, 6.45) is 8.27. The zero-order valence-electron chi connectivity index (χ0n) is 79.9. The highest BCUT2D eigenvalue weighted by Gasteiger charge is 2.36. The third kappa shape index (κ3) is 24.6. The molecule has 0 saturated carbocycles. The van der Waals surface area contributed by atoms with Gasteiger partial charge in [0.05, 0.1) is 110 Å². The number of nitrogens with zero attached hydrogens (tertiary/aromatic N) is 9. The van der Waals surface area contributed by atoms with Crippen LogP contribution in [-0.4, -0.2) is 130 Å². The van der Waals surface area contributed by atoms with E-state index in [2.05, 4.69) is 47.0 Å². The van der Waals surface area contributed by atoms with Crippen molar-refractivity contribution in [3.05, 3.63) is 481 Å². The van der Waals surface area contributed by atoms with Crippen molar-refractivity contribution in [2.75, 3.05) is 46.4 Å². The number of pyridine rings is 4.